The minimum atomic E-state index is -3.98. The van der Waals surface area contributed by atoms with E-state index in [4.69, 9.17) is 9.15 Å². The number of amides is 1. The van der Waals surface area contributed by atoms with E-state index in [9.17, 15) is 13.2 Å². The summed E-state index contributed by atoms with van der Waals surface area (Å²) in [5.74, 6) is 0.551. The molecular weight excluding hydrogens is 586 g/mol. The summed E-state index contributed by atoms with van der Waals surface area (Å²) < 4.78 is 42.0. The Kier molecular flexibility index (Phi) is 8.31. The minimum Gasteiger partial charge on any atom is -0.493 e. The molecule has 2 N–H and O–H groups in total. The molecule has 2 aliphatic heterocycles. The summed E-state index contributed by atoms with van der Waals surface area (Å²) in [6.45, 7) is 3.63. The maximum atomic E-state index is 13.8. The first-order valence-electron chi connectivity index (χ1n) is 15.7. The molecule has 232 valence electrons. The van der Waals surface area contributed by atoms with Crippen LogP contribution in [0.3, 0.4) is 0 Å². The van der Waals surface area contributed by atoms with Crippen LogP contribution in [0.25, 0.3) is 21.7 Å². The van der Waals surface area contributed by atoms with Gasteiger partial charge in [-0.1, -0.05) is 61.0 Å². The van der Waals surface area contributed by atoms with E-state index in [1.54, 1.807) is 30.5 Å². The van der Waals surface area contributed by atoms with Gasteiger partial charge in [-0.05, 0) is 78.2 Å². The van der Waals surface area contributed by atoms with Crippen molar-refractivity contribution in [3.63, 3.8) is 0 Å². The first-order valence-corrected chi connectivity index (χ1v) is 17.2. The number of sulfonamides is 1. The number of nitrogens with zero attached hydrogens (tertiary/aromatic N) is 1. The lowest BCUT2D eigenvalue weighted by atomic mass is 9.97. The van der Waals surface area contributed by atoms with Gasteiger partial charge in [-0.3, -0.25) is 9.69 Å². The van der Waals surface area contributed by atoms with Gasteiger partial charge in [0.1, 0.15) is 11.3 Å². The van der Waals surface area contributed by atoms with Crippen LogP contribution in [-0.2, 0) is 21.4 Å². The highest BCUT2D eigenvalue weighted by atomic mass is 32.2. The minimum absolute atomic E-state index is 0.0865. The predicted octanol–water partition coefficient (Wildman–Crippen LogP) is 6.62. The Morgan fingerprint density at radius 1 is 0.911 bits per heavy atom. The SMILES string of the molecule is O=C(CC(NS(=O)(=O)c1ccc2ccccc2c1)c1cccc2occc12)NC1CCOc2cc(CN3CCCCC3)ccc21. The van der Waals surface area contributed by atoms with Crippen molar-refractivity contribution in [2.24, 2.45) is 0 Å². The summed E-state index contributed by atoms with van der Waals surface area (Å²) in [4.78, 5) is 16.3. The number of ether oxygens (including phenoxy) is 1. The molecule has 0 saturated carbocycles. The summed E-state index contributed by atoms with van der Waals surface area (Å²) in [5.41, 5.74) is 3.46. The third-order valence-electron chi connectivity index (χ3n) is 8.93. The number of hydrogen-bond acceptors (Lipinski definition) is 6. The third kappa shape index (κ3) is 6.47. The molecule has 0 radical (unpaired) electrons. The zero-order valence-electron chi connectivity index (χ0n) is 25.1. The van der Waals surface area contributed by atoms with E-state index in [-0.39, 0.29) is 23.3 Å². The molecule has 0 bridgehead atoms. The van der Waals surface area contributed by atoms with Crippen molar-refractivity contribution in [3.8, 4) is 5.75 Å². The second-order valence-corrected chi connectivity index (χ2v) is 13.7. The average Bonchev–Trinajstić information content (AvgIpc) is 3.54. The van der Waals surface area contributed by atoms with E-state index in [0.717, 1.165) is 47.1 Å². The van der Waals surface area contributed by atoms with Gasteiger partial charge in [0.2, 0.25) is 15.9 Å². The smallest absolute Gasteiger partial charge is 0.241 e. The molecule has 0 spiro atoms. The number of nitrogens with one attached hydrogen (secondary N) is 2. The highest BCUT2D eigenvalue weighted by molar-refractivity contribution is 7.89. The molecule has 1 fully saturated rings. The van der Waals surface area contributed by atoms with Gasteiger partial charge in [0, 0.05) is 30.3 Å². The fourth-order valence-corrected chi connectivity index (χ4v) is 7.87. The highest BCUT2D eigenvalue weighted by Gasteiger charge is 2.29. The molecule has 5 aromatic rings. The van der Waals surface area contributed by atoms with Crippen molar-refractivity contribution in [1.29, 1.82) is 0 Å². The molecule has 7 rings (SSSR count). The lowest BCUT2D eigenvalue weighted by Crippen LogP contribution is -2.36. The number of furan rings is 1. The van der Waals surface area contributed by atoms with Crippen LogP contribution in [0, 0.1) is 0 Å². The first kappa shape index (κ1) is 29.5. The largest absolute Gasteiger partial charge is 0.493 e. The number of piperidine rings is 1. The number of fused-ring (bicyclic) bond motifs is 3. The summed E-state index contributed by atoms with van der Waals surface area (Å²) in [6, 6.07) is 25.2. The molecule has 2 aliphatic rings. The van der Waals surface area contributed by atoms with Gasteiger partial charge in [0.15, 0.2) is 0 Å². The van der Waals surface area contributed by atoms with Crippen molar-refractivity contribution >= 4 is 37.7 Å². The Hall–Kier alpha value is -4.18. The highest BCUT2D eigenvalue weighted by Crippen LogP contribution is 2.35. The number of hydrogen-bond donors (Lipinski definition) is 2. The number of rotatable bonds is 9. The third-order valence-corrected chi connectivity index (χ3v) is 10.4. The predicted molar refractivity (Wildman–Crippen MR) is 174 cm³/mol. The Balaban J connectivity index is 1.12. The molecule has 1 saturated heterocycles. The lowest BCUT2D eigenvalue weighted by Gasteiger charge is -2.29. The van der Waals surface area contributed by atoms with Crippen molar-refractivity contribution in [2.45, 2.75) is 55.6 Å². The quantitative estimate of drug-likeness (QED) is 0.191. The number of carbonyl (C=O) groups excluding carboxylic acids is 1. The molecule has 1 aromatic heterocycles. The monoisotopic (exact) mass is 623 g/mol. The molecule has 0 aliphatic carbocycles. The maximum Gasteiger partial charge on any atom is 0.241 e. The molecule has 9 heteroatoms. The Morgan fingerprint density at radius 3 is 2.62 bits per heavy atom. The van der Waals surface area contributed by atoms with Crippen LogP contribution < -0.4 is 14.8 Å². The number of likely N-dealkylation sites (tertiary alicyclic amines) is 1. The van der Waals surface area contributed by atoms with Crippen LogP contribution in [0.15, 0.2) is 101 Å². The second-order valence-electron chi connectivity index (χ2n) is 12.0. The topological polar surface area (TPSA) is 101 Å². The van der Waals surface area contributed by atoms with E-state index in [1.165, 1.54) is 24.8 Å². The van der Waals surface area contributed by atoms with Gasteiger partial charge in [-0.15, -0.1) is 0 Å². The van der Waals surface area contributed by atoms with Gasteiger partial charge in [-0.25, -0.2) is 13.1 Å². The van der Waals surface area contributed by atoms with Crippen molar-refractivity contribution in [1.82, 2.24) is 14.9 Å². The second kappa shape index (κ2) is 12.7. The van der Waals surface area contributed by atoms with Gasteiger partial charge in [-0.2, -0.15) is 0 Å². The van der Waals surface area contributed by atoms with Crippen molar-refractivity contribution in [3.05, 3.63) is 108 Å². The molecule has 8 nitrogen and oxygen atoms in total. The van der Waals surface area contributed by atoms with Crippen LogP contribution in [0.5, 0.6) is 5.75 Å². The van der Waals surface area contributed by atoms with Crippen molar-refractivity contribution < 1.29 is 22.4 Å². The number of benzene rings is 4. The van der Waals surface area contributed by atoms with E-state index in [2.05, 4.69) is 33.1 Å². The average molecular weight is 624 g/mol. The molecule has 45 heavy (non-hydrogen) atoms. The van der Waals surface area contributed by atoms with Crippen LogP contribution in [0.4, 0.5) is 0 Å². The molecule has 3 heterocycles. The summed E-state index contributed by atoms with van der Waals surface area (Å²) in [6.07, 6.45) is 5.90. The van der Waals surface area contributed by atoms with Crippen LogP contribution in [0.2, 0.25) is 0 Å². The maximum absolute atomic E-state index is 13.8. The molecule has 2 atom stereocenters. The molecule has 2 unspecified atom stereocenters. The summed E-state index contributed by atoms with van der Waals surface area (Å²) in [7, 11) is -3.98. The van der Waals surface area contributed by atoms with E-state index >= 15 is 0 Å². The lowest BCUT2D eigenvalue weighted by molar-refractivity contribution is -0.122. The number of carbonyl (C=O) groups is 1. The van der Waals surface area contributed by atoms with Crippen molar-refractivity contribution in [2.75, 3.05) is 19.7 Å². The van der Waals surface area contributed by atoms with Gasteiger partial charge in [0.05, 0.1) is 29.8 Å². The molecular formula is C36H37N3O5S. The zero-order chi connectivity index (χ0) is 30.8. The van der Waals surface area contributed by atoms with E-state index in [1.807, 2.05) is 42.5 Å². The van der Waals surface area contributed by atoms with Crippen LogP contribution >= 0.6 is 0 Å². The fourth-order valence-electron chi connectivity index (χ4n) is 6.62. The van der Waals surface area contributed by atoms with E-state index < -0.39 is 16.1 Å². The zero-order valence-corrected chi connectivity index (χ0v) is 25.9. The van der Waals surface area contributed by atoms with E-state index in [0.29, 0.717) is 24.2 Å². The van der Waals surface area contributed by atoms with Gasteiger partial charge >= 0.3 is 0 Å². The van der Waals surface area contributed by atoms with Gasteiger partial charge < -0.3 is 14.5 Å². The molecule has 4 aromatic carbocycles. The van der Waals surface area contributed by atoms with Crippen LogP contribution in [0.1, 0.15) is 60.9 Å². The normalized spacial score (nSPS) is 17.9. The molecule has 1 amide bonds. The summed E-state index contributed by atoms with van der Waals surface area (Å²) >= 11 is 0. The first-order chi connectivity index (χ1) is 21.9. The summed E-state index contributed by atoms with van der Waals surface area (Å²) in [5, 5.41) is 5.71. The Bertz CT molecular complexity index is 1950. The standard InChI is InChI=1S/C36H37N3O5S/c40-36(37-32-16-20-44-35-21-25(11-14-31(32)35)24-39-17-4-1-5-18-39)23-33(29-9-6-10-34-30(29)15-19-43-34)38-45(41,42)28-13-12-26-7-2-3-8-27(26)22-28/h2-3,6-15,19,21-22,32-33,38H,1,4-5,16-18,20,23-24H2,(H,37,40). The Labute approximate surface area is 263 Å². The van der Waals surface area contributed by atoms with Gasteiger partial charge in [0.25, 0.3) is 0 Å². The fraction of sp³-hybridized carbons (Fsp3) is 0.306. The van der Waals surface area contributed by atoms with Crippen LogP contribution in [-0.4, -0.2) is 38.9 Å². The Morgan fingerprint density at radius 2 is 1.76 bits per heavy atom.